The largest absolute Gasteiger partial charge is 0.462 e. The molecule has 21 heavy (non-hydrogen) atoms. The van der Waals surface area contributed by atoms with Crippen molar-refractivity contribution in [3.05, 3.63) is 35.7 Å². The van der Waals surface area contributed by atoms with E-state index in [0.717, 1.165) is 6.07 Å². The highest BCUT2D eigenvalue weighted by Gasteiger charge is 2.36. The normalized spacial score (nSPS) is 11.5. The van der Waals surface area contributed by atoms with Crippen LogP contribution in [0.1, 0.15) is 22.8 Å². The number of hydrogen-bond donors (Lipinski definition) is 0. The molecule has 0 unspecified atom stereocenters. The Morgan fingerprint density at radius 2 is 2.10 bits per heavy atom. The molecular formula is C13H12F3N3O2. The number of nitrogens with zero attached hydrogens (tertiary/aromatic N) is 3. The van der Waals surface area contributed by atoms with Gasteiger partial charge in [0.1, 0.15) is 5.69 Å². The van der Waals surface area contributed by atoms with Gasteiger partial charge in [-0.2, -0.15) is 18.3 Å². The molecule has 0 aliphatic carbocycles. The van der Waals surface area contributed by atoms with Crippen molar-refractivity contribution in [2.24, 2.45) is 7.05 Å². The molecule has 2 heterocycles. The Balaban J connectivity index is 2.53. The summed E-state index contributed by atoms with van der Waals surface area (Å²) in [5, 5.41) is 4.04. The van der Waals surface area contributed by atoms with Crippen LogP contribution in [-0.2, 0) is 18.0 Å². The van der Waals surface area contributed by atoms with E-state index >= 15 is 0 Å². The van der Waals surface area contributed by atoms with Crippen LogP contribution in [0.2, 0.25) is 0 Å². The Morgan fingerprint density at radius 1 is 1.38 bits per heavy atom. The third kappa shape index (κ3) is 3.21. The molecule has 0 saturated heterocycles. The van der Waals surface area contributed by atoms with E-state index in [-0.39, 0.29) is 12.3 Å². The first kappa shape index (κ1) is 15.0. The Hall–Kier alpha value is -2.38. The van der Waals surface area contributed by atoms with Crippen molar-refractivity contribution in [3.8, 4) is 11.4 Å². The van der Waals surface area contributed by atoms with Gasteiger partial charge in [-0.1, -0.05) is 0 Å². The van der Waals surface area contributed by atoms with Crippen molar-refractivity contribution in [3.63, 3.8) is 0 Å². The van der Waals surface area contributed by atoms with E-state index in [1.54, 1.807) is 19.3 Å². The van der Waals surface area contributed by atoms with Gasteiger partial charge in [0.05, 0.1) is 23.4 Å². The SMILES string of the molecule is CCOC(=O)c1cc(-c2ccn(C)n2)ncc1C(F)(F)F. The molecule has 0 aromatic carbocycles. The summed E-state index contributed by atoms with van der Waals surface area (Å²) in [4.78, 5) is 15.5. The van der Waals surface area contributed by atoms with Gasteiger partial charge in [0.25, 0.3) is 0 Å². The lowest BCUT2D eigenvalue weighted by Crippen LogP contribution is -2.16. The smallest absolute Gasteiger partial charge is 0.418 e. The van der Waals surface area contributed by atoms with Gasteiger partial charge in [0, 0.05) is 19.4 Å². The number of rotatable bonds is 3. The highest BCUT2D eigenvalue weighted by Crippen LogP contribution is 2.33. The third-order valence-electron chi connectivity index (χ3n) is 2.68. The number of carbonyl (C=O) groups is 1. The van der Waals surface area contributed by atoms with Crippen LogP contribution < -0.4 is 0 Å². The number of carbonyl (C=O) groups excluding carboxylic acids is 1. The van der Waals surface area contributed by atoms with E-state index in [4.69, 9.17) is 0 Å². The molecule has 0 spiro atoms. The topological polar surface area (TPSA) is 57.0 Å². The summed E-state index contributed by atoms with van der Waals surface area (Å²) in [5.41, 5.74) is -1.15. The van der Waals surface area contributed by atoms with Crippen molar-refractivity contribution in [1.82, 2.24) is 14.8 Å². The minimum absolute atomic E-state index is 0.0165. The molecule has 0 atom stereocenters. The second kappa shape index (κ2) is 5.55. The summed E-state index contributed by atoms with van der Waals surface area (Å²) in [5.74, 6) is -1.04. The molecule has 0 saturated carbocycles. The van der Waals surface area contributed by atoms with Crippen LogP contribution in [0.3, 0.4) is 0 Å². The van der Waals surface area contributed by atoms with E-state index in [1.165, 1.54) is 11.6 Å². The minimum Gasteiger partial charge on any atom is -0.462 e. The molecule has 0 N–H and O–H groups in total. The first-order valence-corrected chi connectivity index (χ1v) is 6.07. The van der Waals surface area contributed by atoms with E-state index in [9.17, 15) is 18.0 Å². The maximum absolute atomic E-state index is 12.9. The molecule has 0 aliphatic heterocycles. The van der Waals surface area contributed by atoms with Crippen LogP contribution in [0.4, 0.5) is 13.2 Å². The summed E-state index contributed by atoms with van der Waals surface area (Å²) in [6, 6.07) is 2.63. The second-order valence-electron chi connectivity index (χ2n) is 4.21. The van der Waals surface area contributed by atoms with Crippen molar-refractivity contribution in [2.45, 2.75) is 13.1 Å². The molecule has 2 aromatic rings. The lowest BCUT2D eigenvalue weighted by molar-refractivity contribution is -0.138. The maximum atomic E-state index is 12.9. The fraction of sp³-hybridized carbons (Fsp3) is 0.308. The van der Waals surface area contributed by atoms with Gasteiger partial charge in [-0.25, -0.2) is 4.79 Å². The van der Waals surface area contributed by atoms with Gasteiger partial charge in [-0.15, -0.1) is 0 Å². The number of pyridine rings is 1. The average Bonchev–Trinajstić information content (AvgIpc) is 2.84. The number of ether oxygens (including phenoxy) is 1. The van der Waals surface area contributed by atoms with Crippen LogP contribution in [0.15, 0.2) is 24.5 Å². The monoisotopic (exact) mass is 299 g/mol. The Labute approximate surface area is 118 Å². The second-order valence-corrected chi connectivity index (χ2v) is 4.21. The van der Waals surface area contributed by atoms with E-state index in [2.05, 4.69) is 14.8 Å². The van der Waals surface area contributed by atoms with Gasteiger partial charge in [0.2, 0.25) is 0 Å². The predicted octanol–water partition coefficient (Wildman–Crippen LogP) is 2.68. The number of alkyl halides is 3. The summed E-state index contributed by atoms with van der Waals surface area (Å²) in [6.07, 6.45) is -2.44. The van der Waals surface area contributed by atoms with E-state index in [0.29, 0.717) is 11.9 Å². The summed E-state index contributed by atoms with van der Waals surface area (Å²) < 4.78 is 44.9. The predicted molar refractivity (Wildman–Crippen MR) is 67.4 cm³/mol. The Morgan fingerprint density at radius 3 is 2.62 bits per heavy atom. The summed E-state index contributed by atoms with van der Waals surface area (Å²) in [6.45, 7) is 1.50. The lowest BCUT2D eigenvalue weighted by atomic mass is 10.1. The maximum Gasteiger partial charge on any atom is 0.418 e. The highest BCUT2D eigenvalue weighted by atomic mass is 19.4. The minimum atomic E-state index is -4.68. The molecular weight excluding hydrogens is 287 g/mol. The molecule has 0 fully saturated rings. The standard InChI is InChI=1S/C13H12F3N3O2/c1-3-21-12(20)8-6-11(10-4-5-19(2)18-10)17-7-9(8)13(14,15)16/h4-7H,3H2,1-2H3. The third-order valence-corrected chi connectivity index (χ3v) is 2.68. The quantitative estimate of drug-likeness (QED) is 0.818. The number of aromatic nitrogens is 3. The molecule has 2 rings (SSSR count). The molecule has 0 radical (unpaired) electrons. The van der Waals surface area contributed by atoms with Crippen LogP contribution >= 0.6 is 0 Å². The molecule has 0 bridgehead atoms. The van der Waals surface area contributed by atoms with E-state index in [1.807, 2.05) is 0 Å². The van der Waals surface area contributed by atoms with Crippen molar-refractivity contribution >= 4 is 5.97 Å². The number of halogens is 3. The van der Waals surface area contributed by atoms with Gasteiger partial charge in [-0.05, 0) is 19.1 Å². The zero-order chi connectivity index (χ0) is 15.6. The molecule has 0 amide bonds. The number of aryl methyl sites for hydroxylation is 1. The van der Waals surface area contributed by atoms with Gasteiger partial charge < -0.3 is 4.74 Å². The zero-order valence-electron chi connectivity index (χ0n) is 11.3. The Kier molecular flexibility index (Phi) is 3.97. The van der Waals surface area contributed by atoms with Crippen LogP contribution in [0.25, 0.3) is 11.4 Å². The highest BCUT2D eigenvalue weighted by molar-refractivity contribution is 5.92. The van der Waals surface area contributed by atoms with Crippen LogP contribution in [-0.4, -0.2) is 27.3 Å². The molecule has 112 valence electrons. The van der Waals surface area contributed by atoms with Gasteiger partial charge >= 0.3 is 12.1 Å². The summed E-state index contributed by atoms with van der Waals surface area (Å²) >= 11 is 0. The average molecular weight is 299 g/mol. The fourth-order valence-corrected chi connectivity index (χ4v) is 1.75. The van der Waals surface area contributed by atoms with Gasteiger partial charge in [-0.3, -0.25) is 9.67 Å². The number of esters is 1. The molecule has 0 aliphatic rings. The van der Waals surface area contributed by atoms with Crippen molar-refractivity contribution in [2.75, 3.05) is 6.61 Å². The van der Waals surface area contributed by atoms with Crippen molar-refractivity contribution in [1.29, 1.82) is 0 Å². The van der Waals surface area contributed by atoms with Crippen LogP contribution in [0.5, 0.6) is 0 Å². The van der Waals surface area contributed by atoms with E-state index < -0.39 is 23.3 Å². The summed E-state index contributed by atoms with van der Waals surface area (Å²) in [7, 11) is 1.67. The molecule has 8 heteroatoms. The first-order valence-electron chi connectivity index (χ1n) is 6.07. The molecule has 5 nitrogen and oxygen atoms in total. The first-order chi connectivity index (χ1) is 9.82. The number of hydrogen-bond acceptors (Lipinski definition) is 4. The van der Waals surface area contributed by atoms with Gasteiger partial charge in [0.15, 0.2) is 0 Å². The fourth-order valence-electron chi connectivity index (χ4n) is 1.75. The van der Waals surface area contributed by atoms with Crippen molar-refractivity contribution < 1.29 is 22.7 Å². The zero-order valence-corrected chi connectivity index (χ0v) is 11.3. The lowest BCUT2D eigenvalue weighted by Gasteiger charge is -2.12. The molecule has 2 aromatic heterocycles. The van der Waals surface area contributed by atoms with Crippen LogP contribution in [0, 0.1) is 0 Å². The Bertz CT molecular complexity index is 665.